The Balaban J connectivity index is 1.99. The largest absolute Gasteiger partial charge is 0.294 e. The van der Waals surface area contributed by atoms with Crippen LogP contribution < -0.4 is 5.56 Å². The number of nitrogens with zero attached hydrogens (tertiary/aromatic N) is 5. The Morgan fingerprint density at radius 1 is 1.14 bits per heavy atom. The molecular formula is C15H15N5O. The minimum absolute atomic E-state index is 0.0509. The number of hydrogen-bond acceptors (Lipinski definition) is 5. The molecule has 0 aliphatic rings. The summed E-state index contributed by atoms with van der Waals surface area (Å²) in [4.78, 5) is 29.1. The average Bonchev–Trinajstić information content (AvgIpc) is 2.50. The highest BCUT2D eigenvalue weighted by Crippen LogP contribution is 2.13. The summed E-state index contributed by atoms with van der Waals surface area (Å²) < 4.78 is 1.59. The van der Waals surface area contributed by atoms with Gasteiger partial charge < -0.3 is 0 Å². The van der Waals surface area contributed by atoms with Crippen molar-refractivity contribution in [2.24, 2.45) is 0 Å². The van der Waals surface area contributed by atoms with E-state index in [2.05, 4.69) is 19.9 Å². The Morgan fingerprint density at radius 2 is 1.95 bits per heavy atom. The molecule has 3 aromatic rings. The zero-order valence-electron chi connectivity index (χ0n) is 11.9. The van der Waals surface area contributed by atoms with Crippen molar-refractivity contribution in [3.63, 3.8) is 0 Å². The molecule has 0 fully saturated rings. The van der Waals surface area contributed by atoms with Gasteiger partial charge in [0.1, 0.15) is 6.33 Å². The molecule has 0 saturated heterocycles. The number of rotatable bonds is 3. The Labute approximate surface area is 121 Å². The van der Waals surface area contributed by atoms with Crippen LogP contribution >= 0.6 is 0 Å². The van der Waals surface area contributed by atoms with Gasteiger partial charge in [0.25, 0.3) is 5.56 Å². The molecule has 106 valence electrons. The summed E-state index contributed by atoms with van der Waals surface area (Å²) >= 11 is 0. The summed E-state index contributed by atoms with van der Waals surface area (Å²) in [5.74, 6) is 0. The van der Waals surface area contributed by atoms with Crippen molar-refractivity contribution in [3.8, 4) is 0 Å². The number of fused-ring (bicyclic) bond motifs is 1. The molecule has 0 saturated carbocycles. The lowest BCUT2D eigenvalue weighted by molar-refractivity contribution is 0.515. The topological polar surface area (TPSA) is 73.6 Å². The molecule has 0 amide bonds. The van der Waals surface area contributed by atoms with Crippen molar-refractivity contribution in [1.82, 2.24) is 24.5 Å². The zero-order chi connectivity index (χ0) is 14.8. The van der Waals surface area contributed by atoms with Crippen LogP contribution in [0.5, 0.6) is 0 Å². The first-order valence-electron chi connectivity index (χ1n) is 6.75. The van der Waals surface area contributed by atoms with Gasteiger partial charge in [-0.05, 0) is 25.5 Å². The van der Waals surface area contributed by atoms with Crippen LogP contribution in [0.3, 0.4) is 0 Å². The summed E-state index contributed by atoms with van der Waals surface area (Å²) in [6.45, 7) is 3.99. The fourth-order valence-corrected chi connectivity index (χ4v) is 2.29. The van der Waals surface area contributed by atoms with Gasteiger partial charge in [0.2, 0.25) is 0 Å². The molecule has 3 heterocycles. The van der Waals surface area contributed by atoms with Crippen LogP contribution in [0.15, 0.2) is 41.8 Å². The second kappa shape index (κ2) is 5.40. The first-order chi connectivity index (χ1) is 10.2. The number of hydrogen-bond donors (Lipinski definition) is 0. The lowest BCUT2D eigenvalue weighted by Gasteiger charge is -2.15. The van der Waals surface area contributed by atoms with Gasteiger partial charge in [-0.25, -0.2) is 15.0 Å². The van der Waals surface area contributed by atoms with Gasteiger partial charge in [0, 0.05) is 36.7 Å². The molecule has 1 atom stereocenters. The van der Waals surface area contributed by atoms with Crippen LogP contribution in [0.2, 0.25) is 0 Å². The van der Waals surface area contributed by atoms with Gasteiger partial charge in [-0.2, -0.15) is 0 Å². The second-order valence-electron chi connectivity index (χ2n) is 5.01. The minimum atomic E-state index is -0.172. The molecule has 21 heavy (non-hydrogen) atoms. The first-order valence-corrected chi connectivity index (χ1v) is 6.75. The maximum Gasteiger partial charge on any atom is 0.281 e. The van der Waals surface area contributed by atoms with E-state index in [1.165, 1.54) is 18.7 Å². The van der Waals surface area contributed by atoms with E-state index in [-0.39, 0.29) is 11.6 Å². The second-order valence-corrected chi connectivity index (χ2v) is 5.01. The van der Waals surface area contributed by atoms with E-state index in [1.54, 1.807) is 10.8 Å². The third-order valence-electron chi connectivity index (χ3n) is 3.50. The fraction of sp³-hybridized carbons (Fsp3) is 0.267. The van der Waals surface area contributed by atoms with Crippen molar-refractivity contribution in [2.75, 3.05) is 0 Å². The highest BCUT2D eigenvalue weighted by atomic mass is 16.1. The standard InChI is InChI=1S/C15H15N5O/c1-10-4-3-5-16-12(10)8-11(2)20-9-19-14-13(15(20)21)17-6-7-18-14/h3-7,9,11H,8H2,1-2H3/t11-/m0/s1. The fourth-order valence-electron chi connectivity index (χ4n) is 2.29. The van der Waals surface area contributed by atoms with Gasteiger partial charge >= 0.3 is 0 Å². The smallest absolute Gasteiger partial charge is 0.281 e. The van der Waals surface area contributed by atoms with E-state index >= 15 is 0 Å². The van der Waals surface area contributed by atoms with E-state index in [1.807, 2.05) is 26.0 Å². The monoisotopic (exact) mass is 281 g/mol. The summed E-state index contributed by atoms with van der Waals surface area (Å²) in [6.07, 6.45) is 6.99. The Kier molecular flexibility index (Phi) is 3.43. The summed E-state index contributed by atoms with van der Waals surface area (Å²) in [5, 5.41) is 0. The predicted octanol–water partition coefficient (Wildman–Crippen LogP) is 1.69. The molecular weight excluding hydrogens is 266 g/mol. The molecule has 0 radical (unpaired) electrons. The molecule has 6 nitrogen and oxygen atoms in total. The summed E-state index contributed by atoms with van der Waals surface area (Å²) in [5.41, 5.74) is 2.60. The predicted molar refractivity (Wildman–Crippen MR) is 79.0 cm³/mol. The van der Waals surface area contributed by atoms with Crippen LogP contribution in [-0.4, -0.2) is 24.5 Å². The third-order valence-corrected chi connectivity index (χ3v) is 3.50. The van der Waals surface area contributed by atoms with Gasteiger partial charge in [-0.15, -0.1) is 0 Å². The lowest BCUT2D eigenvalue weighted by Crippen LogP contribution is -2.26. The average molecular weight is 281 g/mol. The van der Waals surface area contributed by atoms with Crippen molar-refractivity contribution < 1.29 is 0 Å². The third kappa shape index (κ3) is 2.52. The Bertz CT molecular complexity index is 843. The van der Waals surface area contributed by atoms with Crippen LogP contribution in [-0.2, 0) is 6.42 Å². The molecule has 0 spiro atoms. The SMILES string of the molecule is Cc1cccnc1C[C@H](C)n1cnc2nccnc2c1=O. The van der Waals surface area contributed by atoms with Crippen molar-refractivity contribution >= 4 is 11.2 Å². The van der Waals surface area contributed by atoms with Crippen LogP contribution in [0, 0.1) is 6.92 Å². The highest BCUT2D eigenvalue weighted by molar-refractivity contribution is 5.66. The van der Waals surface area contributed by atoms with E-state index in [0.29, 0.717) is 17.6 Å². The normalized spacial score (nSPS) is 12.5. The molecule has 3 aromatic heterocycles. The Hall–Kier alpha value is -2.63. The van der Waals surface area contributed by atoms with Crippen molar-refractivity contribution in [3.05, 3.63) is 58.7 Å². The van der Waals surface area contributed by atoms with E-state index in [0.717, 1.165) is 11.3 Å². The van der Waals surface area contributed by atoms with Gasteiger partial charge in [-0.1, -0.05) is 6.07 Å². The molecule has 0 aromatic carbocycles. The van der Waals surface area contributed by atoms with E-state index in [9.17, 15) is 4.79 Å². The number of aromatic nitrogens is 5. The maximum atomic E-state index is 12.4. The molecule has 3 rings (SSSR count). The lowest BCUT2D eigenvalue weighted by atomic mass is 10.1. The molecule has 6 heteroatoms. The molecule has 0 aliphatic carbocycles. The van der Waals surface area contributed by atoms with Crippen LogP contribution in [0.4, 0.5) is 0 Å². The first kappa shape index (κ1) is 13.4. The zero-order valence-corrected chi connectivity index (χ0v) is 11.9. The maximum absolute atomic E-state index is 12.4. The van der Waals surface area contributed by atoms with Gasteiger partial charge in [-0.3, -0.25) is 14.3 Å². The van der Waals surface area contributed by atoms with Crippen molar-refractivity contribution in [1.29, 1.82) is 0 Å². The van der Waals surface area contributed by atoms with Crippen LogP contribution in [0.25, 0.3) is 11.2 Å². The molecule has 0 unspecified atom stereocenters. The number of pyridine rings is 1. The summed E-state index contributed by atoms with van der Waals surface area (Å²) in [6, 6.07) is 3.87. The Morgan fingerprint density at radius 3 is 2.76 bits per heavy atom. The summed E-state index contributed by atoms with van der Waals surface area (Å²) in [7, 11) is 0. The van der Waals surface area contributed by atoms with Gasteiger partial charge in [0.15, 0.2) is 11.2 Å². The van der Waals surface area contributed by atoms with Crippen molar-refractivity contribution in [2.45, 2.75) is 26.3 Å². The number of aryl methyl sites for hydroxylation is 1. The molecule has 0 bridgehead atoms. The van der Waals surface area contributed by atoms with Gasteiger partial charge in [0.05, 0.1) is 0 Å². The quantitative estimate of drug-likeness (QED) is 0.730. The van der Waals surface area contributed by atoms with E-state index in [4.69, 9.17) is 0 Å². The van der Waals surface area contributed by atoms with Crippen LogP contribution in [0.1, 0.15) is 24.2 Å². The minimum Gasteiger partial charge on any atom is -0.294 e. The molecule has 0 N–H and O–H groups in total. The molecule has 0 aliphatic heterocycles. The van der Waals surface area contributed by atoms with E-state index < -0.39 is 0 Å². The highest BCUT2D eigenvalue weighted by Gasteiger charge is 2.13.